The van der Waals surface area contributed by atoms with Crippen LogP contribution in [0.2, 0.25) is 0 Å². The number of carbonyl (C=O) groups excluding carboxylic acids is 1. The summed E-state index contributed by atoms with van der Waals surface area (Å²) in [5, 5.41) is 3.10. The molecule has 0 bridgehead atoms. The van der Waals surface area contributed by atoms with Gasteiger partial charge in [-0.15, -0.1) is 0 Å². The summed E-state index contributed by atoms with van der Waals surface area (Å²) in [6.07, 6.45) is 0.798. The van der Waals surface area contributed by atoms with E-state index in [4.69, 9.17) is 4.74 Å². The Morgan fingerprint density at radius 1 is 1.20 bits per heavy atom. The lowest BCUT2D eigenvalue weighted by atomic mass is 10.00. The molecule has 1 amide bonds. The van der Waals surface area contributed by atoms with Gasteiger partial charge in [0.1, 0.15) is 5.75 Å². The maximum Gasteiger partial charge on any atom is 0.251 e. The number of ether oxygens (including phenoxy) is 1. The van der Waals surface area contributed by atoms with Crippen molar-refractivity contribution in [3.05, 3.63) is 63.2 Å². The summed E-state index contributed by atoms with van der Waals surface area (Å²) in [7, 11) is 0. The van der Waals surface area contributed by atoms with Crippen molar-refractivity contribution in [2.24, 2.45) is 0 Å². The lowest BCUT2D eigenvalue weighted by molar-refractivity contribution is 0.0924. The first-order valence-corrected chi connectivity index (χ1v) is 7.60. The van der Waals surface area contributed by atoms with Crippen molar-refractivity contribution in [2.45, 2.75) is 12.5 Å². The zero-order valence-electron chi connectivity index (χ0n) is 10.8. The maximum atomic E-state index is 12.3. The van der Waals surface area contributed by atoms with Crippen molar-refractivity contribution in [3.8, 4) is 5.75 Å². The highest BCUT2D eigenvalue weighted by Gasteiger charge is 2.22. The van der Waals surface area contributed by atoms with Gasteiger partial charge >= 0.3 is 0 Å². The predicted molar refractivity (Wildman–Crippen MR) is 85.9 cm³/mol. The topological polar surface area (TPSA) is 38.3 Å². The zero-order chi connectivity index (χ0) is 13.9. The molecule has 0 radical (unpaired) electrons. The fourth-order valence-electron chi connectivity index (χ4n) is 2.36. The van der Waals surface area contributed by atoms with Crippen LogP contribution in [-0.2, 0) is 0 Å². The molecule has 1 N–H and O–H groups in total. The number of rotatable bonds is 2. The average molecular weight is 379 g/mol. The Morgan fingerprint density at radius 2 is 2.05 bits per heavy atom. The van der Waals surface area contributed by atoms with Crippen LogP contribution >= 0.6 is 22.6 Å². The number of nitrogens with one attached hydrogen (secondary N) is 1. The highest BCUT2D eigenvalue weighted by molar-refractivity contribution is 14.1. The van der Waals surface area contributed by atoms with Crippen LogP contribution in [0.5, 0.6) is 5.75 Å². The van der Waals surface area contributed by atoms with Gasteiger partial charge in [0.2, 0.25) is 0 Å². The second kappa shape index (κ2) is 5.83. The molecule has 0 spiro atoms. The molecule has 0 fully saturated rings. The van der Waals surface area contributed by atoms with Gasteiger partial charge < -0.3 is 10.1 Å². The third kappa shape index (κ3) is 2.80. The SMILES string of the molecule is O=C(NC1CCOc2ccccc21)c1cccc(I)c1. The minimum atomic E-state index is -0.0368. The predicted octanol–water partition coefficient (Wildman–Crippen LogP) is 3.54. The smallest absolute Gasteiger partial charge is 0.251 e. The van der Waals surface area contributed by atoms with Crippen LogP contribution in [0.25, 0.3) is 0 Å². The van der Waals surface area contributed by atoms with E-state index < -0.39 is 0 Å². The summed E-state index contributed by atoms with van der Waals surface area (Å²) >= 11 is 2.21. The molecule has 2 aromatic rings. The molecule has 4 heteroatoms. The first-order valence-electron chi connectivity index (χ1n) is 6.52. The van der Waals surface area contributed by atoms with Gasteiger partial charge in [-0.25, -0.2) is 0 Å². The molecule has 1 atom stereocenters. The molecule has 2 aromatic carbocycles. The number of amides is 1. The van der Waals surface area contributed by atoms with Crippen molar-refractivity contribution in [1.29, 1.82) is 0 Å². The molecule has 3 rings (SSSR count). The molecular formula is C16H14INO2. The largest absolute Gasteiger partial charge is 0.493 e. The van der Waals surface area contributed by atoms with Gasteiger partial charge in [0, 0.05) is 21.1 Å². The molecule has 1 unspecified atom stereocenters. The lowest BCUT2D eigenvalue weighted by Gasteiger charge is -2.26. The molecule has 102 valence electrons. The Morgan fingerprint density at radius 3 is 2.90 bits per heavy atom. The molecule has 0 saturated carbocycles. The van der Waals surface area contributed by atoms with Gasteiger partial charge in [0.15, 0.2) is 0 Å². The number of halogens is 1. The molecule has 1 aliphatic rings. The summed E-state index contributed by atoms with van der Waals surface area (Å²) < 4.78 is 6.67. The molecule has 20 heavy (non-hydrogen) atoms. The summed E-state index contributed by atoms with van der Waals surface area (Å²) in [6, 6.07) is 15.5. The number of carbonyl (C=O) groups is 1. The van der Waals surface area contributed by atoms with Crippen LogP contribution in [0.1, 0.15) is 28.4 Å². The monoisotopic (exact) mass is 379 g/mol. The summed E-state index contributed by atoms with van der Waals surface area (Å²) in [6.45, 7) is 0.633. The number of hydrogen-bond acceptors (Lipinski definition) is 2. The highest BCUT2D eigenvalue weighted by Crippen LogP contribution is 2.31. The van der Waals surface area contributed by atoms with Gasteiger partial charge in [-0.05, 0) is 46.9 Å². The van der Waals surface area contributed by atoms with Crippen LogP contribution in [0.4, 0.5) is 0 Å². The van der Waals surface area contributed by atoms with E-state index in [-0.39, 0.29) is 11.9 Å². The van der Waals surface area contributed by atoms with Crippen molar-refractivity contribution >= 4 is 28.5 Å². The number of para-hydroxylation sites is 1. The van der Waals surface area contributed by atoms with Crippen LogP contribution in [0, 0.1) is 3.57 Å². The van der Waals surface area contributed by atoms with Crippen molar-refractivity contribution in [2.75, 3.05) is 6.61 Å². The Kier molecular flexibility index (Phi) is 3.91. The van der Waals surface area contributed by atoms with Crippen LogP contribution in [-0.4, -0.2) is 12.5 Å². The maximum absolute atomic E-state index is 12.3. The van der Waals surface area contributed by atoms with Crippen LogP contribution in [0.3, 0.4) is 0 Å². The number of benzene rings is 2. The van der Waals surface area contributed by atoms with Crippen molar-refractivity contribution in [3.63, 3.8) is 0 Å². The summed E-state index contributed by atoms with van der Waals surface area (Å²) in [5.74, 6) is 0.830. The second-order valence-electron chi connectivity index (χ2n) is 4.71. The van der Waals surface area contributed by atoms with E-state index in [1.165, 1.54) is 0 Å². The van der Waals surface area contributed by atoms with E-state index >= 15 is 0 Å². The van der Waals surface area contributed by atoms with Crippen molar-refractivity contribution < 1.29 is 9.53 Å². The quantitative estimate of drug-likeness (QED) is 0.811. The van der Waals surface area contributed by atoms with Gasteiger partial charge in [0.25, 0.3) is 5.91 Å². The lowest BCUT2D eigenvalue weighted by Crippen LogP contribution is -2.32. The molecule has 1 aliphatic heterocycles. The Bertz CT molecular complexity index is 642. The van der Waals surface area contributed by atoms with Crippen molar-refractivity contribution in [1.82, 2.24) is 5.32 Å². The van der Waals surface area contributed by atoms with Gasteiger partial charge in [-0.3, -0.25) is 4.79 Å². The van der Waals surface area contributed by atoms with Crippen LogP contribution in [0.15, 0.2) is 48.5 Å². The fourth-order valence-corrected chi connectivity index (χ4v) is 2.91. The first-order chi connectivity index (χ1) is 9.74. The van der Waals surface area contributed by atoms with E-state index in [2.05, 4.69) is 27.9 Å². The molecule has 3 nitrogen and oxygen atoms in total. The normalized spacial score (nSPS) is 16.9. The van der Waals surface area contributed by atoms with Gasteiger partial charge in [-0.1, -0.05) is 24.3 Å². The second-order valence-corrected chi connectivity index (χ2v) is 5.96. The Hall–Kier alpha value is -1.56. The Balaban J connectivity index is 1.81. The molecule has 0 saturated heterocycles. The molecule has 0 aliphatic carbocycles. The van der Waals surface area contributed by atoms with Crippen LogP contribution < -0.4 is 10.1 Å². The third-order valence-electron chi connectivity index (χ3n) is 3.35. The molecule has 1 heterocycles. The highest BCUT2D eigenvalue weighted by atomic mass is 127. The third-order valence-corrected chi connectivity index (χ3v) is 4.02. The van der Waals surface area contributed by atoms with Gasteiger partial charge in [-0.2, -0.15) is 0 Å². The van der Waals surface area contributed by atoms with E-state index in [1.807, 2.05) is 48.5 Å². The average Bonchev–Trinajstić information content (AvgIpc) is 2.47. The molecule has 0 aromatic heterocycles. The number of hydrogen-bond donors (Lipinski definition) is 1. The summed E-state index contributed by atoms with van der Waals surface area (Å²) in [5.41, 5.74) is 1.75. The fraction of sp³-hybridized carbons (Fsp3) is 0.188. The summed E-state index contributed by atoms with van der Waals surface area (Å²) in [4.78, 5) is 12.3. The van der Waals surface area contributed by atoms with E-state index in [0.717, 1.165) is 21.3 Å². The zero-order valence-corrected chi connectivity index (χ0v) is 13.0. The Labute approximate surface area is 131 Å². The standard InChI is InChI=1S/C16H14INO2/c17-12-5-3-4-11(10-12)16(19)18-14-8-9-20-15-7-2-1-6-13(14)15/h1-7,10,14H,8-9H2,(H,18,19). The van der Waals surface area contributed by atoms with E-state index in [0.29, 0.717) is 12.2 Å². The molecular weight excluding hydrogens is 365 g/mol. The van der Waals surface area contributed by atoms with Gasteiger partial charge in [0.05, 0.1) is 12.6 Å². The minimum Gasteiger partial charge on any atom is -0.493 e. The van der Waals surface area contributed by atoms with E-state index in [9.17, 15) is 4.79 Å². The minimum absolute atomic E-state index is 0.0188. The first kappa shape index (κ1) is 13.4. The van der Waals surface area contributed by atoms with E-state index in [1.54, 1.807) is 0 Å². The number of fused-ring (bicyclic) bond motifs is 1.